The molecule has 0 aliphatic carbocycles. The number of phenols is 2. The zero-order chi connectivity index (χ0) is 13.0. The third kappa shape index (κ3) is 3.98. The van der Waals surface area contributed by atoms with Crippen LogP contribution in [0.1, 0.15) is 18.0 Å². The summed E-state index contributed by atoms with van der Waals surface area (Å²) in [6.07, 6.45) is 0.553. The Morgan fingerprint density at radius 3 is 2.53 bits per heavy atom. The second kappa shape index (κ2) is 7.55. The van der Waals surface area contributed by atoms with Crippen molar-refractivity contribution in [2.45, 2.75) is 12.5 Å². The molecule has 0 radical (unpaired) electrons. The SMILES string of the molecule is Cl.OCC[C@@H](c1cc(O)ccc1O)N1CCNCC1. The van der Waals surface area contributed by atoms with Crippen molar-refractivity contribution in [1.29, 1.82) is 0 Å². The summed E-state index contributed by atoms with van der Waals surface area (Å²) in [6.45, 7) is 3.62. The van der Waals surface area contributed by atoms with Crippen molar-refractivity contribution >= 4 is 12.4 Å². The van der Waals surface area contributed by atoms with E-state index in [-0.39, 0.29) is 36.6 Å². The Morgan fingerprint density at radius 1 is 1.21 bits per heavy atom. The smallest absolute Gasteiger partial charge is 0.120 e. The summed E-state index contributed by atoms with van der Waals surface area (Å²) < 4.78 is 0. The van der Waals surface area contributed by atoms with Crippen LogP contribution >= 0.6 is 12.4 Å². The molecule has 0 unspecified atom stereocenters. The minimum atomic E-state index is -0.0517. The number of aromatic hydroxyl groups is 2. The molecule has 4 N–H and O–H groups in total. The normalized spacial score (nSPS) is 17.7. The molecular formula is C13H21ClN2O3. The van der Waals surface area contributed by atoms with Gasteiger partial charge in [-0.05, 0) is 24.6 Å². The number of hydrogen-bond acceptors (Lipinski definition) is 5. The number of rotatable bonds is 4. The Kier molecular flexibility index (Phi) is 6.37. The summed E-state index contributed by atoms with van der Waals surface area (Å²) in [5, 5.41) is 32.0. The minimum Gasteiger partial charge on any atom is -0.508 e. The first kappa shape index (κ1) is 16.0. The lowest BCUT2D eigenvalue weighted by Gasteiger charge is -2.35. The van der Waals surface area contributed by atoms with Crippen molar-refractivity contribution in [1.82, 2.24) is 10.2 Å². The van der Waals surface area contributed by atoms with Crippen LogP contribution in [-0.4, -0.2) is 53.0 Å². The van der Waals surface area contributed by atoms with Crippen LogP contribution in [0, 0.1) is 0 Å². The van der Waals surface area contributed by atoms with E-state index in [1.54, 1.807) is 6.07 Å². The van der Waals surface area contributed by atoms with E-state index in [0.717, 1.165) is 26.2 Å². The third-order valence-corrected chi connectivity index (χ3v) is 3.37. The van der Waals surface area contributed by atoms with Gasteiger partial charge in [-0.1, -0.05) is 0 Å². The highest BCUT2D eigenvalue weighted by Crippen LogP contribution is 2.33. The Morgan fingerprint density at radius 2 is 1.89 bits per heavy atom. The highest BCUT2D eigenvalue weighted by atomic mass is 35.5. The molecule has 1 aliphatic rings. The molecule has 0 aromatic heterocycles. The summed E-state index contributed by atoms with van der Waals surface area (Å²) in [5.41, 5.74) is 0.686. The van der Waals surface area contributed by atoms with Gasteiger partial charge in [0.25, 0.3) is 0 Å². The van der Waals surface area contributed by atoms with Crippen LogP contribution in [0.15, 0.2) is 18.2 Å². The van der Waals surface area contributed by atoms with Gasteiger partial charge in [-0.2, -0.15) is 0 Å². The molecular weight excluding hydrogens is 268 g/mol. The first-order chi connectivity index (χ1) is 8.72. The van der Waals surface area contributed by atoms with Gasteiger partial charge in [-0.15, -0.1) is 12.4 Å². The topological polar surface area (TPSA) is 76.0 Å². The number of nitrogens with zero attached hydrogens (tertiary/aromatic N) is 1. The van der Waals surface area contributed by atoms with Gasteiger partial charge in [-0.3, -0.25) is 4.90 Å². The summed E-state index contributed by atoms with van der Waals surface area (Å²) in [7, 11) is 0. The van der Waals surface area contributed by atoms with Gasteiger partial charge >= 0.3 is 0 Å². The number of aliphatic hydroxyl groups excluding tert-OH is 1. The van der Waals surface area contributed by atoms with E-state index < -0.39 is 0 Å². The maximum Gasteiger partial charge on any atom is 0.120 e. The molecule has 1 atom stereocenters. The molecule has 0 spiro atoms. The predicted octanol–water partition coefficient (Wildman–Crippen LogP) is 0.848. The molecule has 0 bridgehead atoms. The lowest BCUT2D eigenvalue weighted by Crippen LogP contribution is -2.45. The standard InChI is InChI=1S/C13H20N2O3.ClH/c16-8-3-12(15-6-4-14-5-7-15)11-9-10(17)1-2-13(11)18;/h1-2,9,12,14,16-18H,3-8H2;1H/t12-;/m0./s1. The van der Waals surface area contributed by atoms with Gasteiger partial charge < -0.3 is 20.6 Å². The number of halogens is 1. The maximum atomic E-state index is 9.93. The molecule has 1 saturated heterocycles. The van der Waals surface area contributed by atoms with E-state index in [9.17, 15) is 15.3 Å². The van der Waals surface area contributed by atoms with E-state index >= 15 is 0 Å². The van der Waals surface area contributed by atoms with E-state index in [2.05, 4.69) is 10.2 Å². The average Bonchev–Trinajstić information content (AvgIpc) is 2.40. The molecule has 1 aromatic carbocycles. The summed E-state index contributed by atoms with van der Waals surface area (Å²) in [4.78, 5) is 2.22. The highest BCUT2D eigenvalue weighted by Gasteiger charge is 2.24. The van der Waals surface area contributed by atoms with E-state index in [1.807, 2.05) is 0 Å². The van der Waals surface area contributed by atoms with Gasteiger partial charge in [0.2, 0.25) is 0 Å². The largest absolute Gasteiger partial charge is 0.508 e. The van der Waals surface area contributed by atoms with Gasteiger partial charge in [0.05, 0.1) is 0 Å². The van der Waals surface area contributed by atoms with Crippen molar-refractivity contribution in [3.63, 3.8) is 0 Å². The quantitative estimate of drug-likeness (QED) is 0.618. The molecule has 1 heterocycles. The second-order valence-electron chi connectivity index (χ2n) is 4.56. The van der Waals surface area contributed by atoms with Gasteiger partial charge in [0.15, 0.2) is 0 Å². The Bertz CT molecular complexity index is 397. The molecule has 108 valence electrons. The summed E-state index contributed by atoms with van der Waals surface area (Å²) >= 11 is 0. The monoisotopic (exact) mass is 288 g/mol. The second-order valence-corrected chi connectivity index (χ2v) is 4.56. The fraction of sp³-hybridized carbons (Fsp3) is 0.538. The number of piperazine rings is 1. The third-order valence-electron chi connectivity index (χ3n) is 3.37. The highest BCUT2D eigenvalue weighted by molar-refractivity contribution is 5.85. The first-order valence-electron chi connectivity index (χ1n) is 6.30. The number of aliphatic hydroxyl groups is 1. The van der Waals surface area contributed by atoms with Crippen molar-refractivity contribution in [3.05, 3.63) is 23.8 Å². The Labute approximate surface area is 119 Å². The first-order valence-corrected chi connectivity index (χ1v) is 6.30. The van der Waals surface area contributed by atoms with E-state index in [0.29, 0.717) is 12.0 Å². The molecule has 1 fully saturated rings. The van der Waals surface area contributed by atoms with Crippen LogP contribution in [-0.2, 0) is 0 Å². The number of benzene rings is 1. The molecule has 0 amide bonds. The van der Waals surface area contributed by atoms with Gasteiger partial charge in [-0.25, -0.2) is 0 Å². The molecule has 2 rings (SSSR count). The van der Waals surface area contributed by atoms with Crippen LogP contribution in [0.25, 0.3) is 0 Å². The van der Waals surface area contributed by atoms with Gasteiger partial charge in [0.1, 0.15) is 11.5 Å². The van der Waals surface area contributed by atoms with Crippen molar-refractivity contribution in [3.8, 4) is 11.5 Å². The fourth-order valence-electron chi connectivity index (χ4n) is 2.46. The van der Waals surface area contributed by atoms with Crippen LogP contribution in [0.4, 0.5) is 0 Å². The summed E-state index contributed by atoms with van der Waals surface area (Å²) in [5.74, 6) is 0.311. The van der Waals surface area contributed by atoms with E-state index in [1.165, 1.54) is 12.1 Å². The van der Waals surface area contributed by atoms with Crippen LogP contribution in [0.5, 0.6) is 11.5 Å². The zero-order valence-corrected chi connectivity index (χ0v) is 11.6. The summed E-state index contributed by atoms with van der Waals surface area (Å²) in [6, 6.07) is 4.49. The zero-order valence-electron chi connectivity index (χ0n) is 10.7. The molecule has 1 aliphatic heterocycles. The lowest BCUT2D eigenvalue weighted by molar-refractivity contribution is 0.139. The van der Waals surface area contributed by atoms with Crippen LogP contribution in [0.3, 0.4) is 0 Å². The maximum absolute atomic E-state index is 9.93. The van der Waals surface area contributed by atoms with Crippen molar-refractivity contribution < 1.29 is 15.3 Å². The molecule has 6 heteroatoms. The van der Waals surface area contributed by atoms with Crippen LogP contribution < -0.4 is 5.32 Å². The lowest BCUT2D eigenvalue weighted by atomic mass is 10.00. The average molecular weight is 289 g/mol. The number of phenolic OH excluding ortho intramolecular Hbond substituents is 2. The predicted molar refractivity (Wildman–Crippen MR) is 75.9 cm³/mol. The Balaban J connectivity index is 0.00000180. The fourth-order valence-corrected chi connectivity index (χ4v) is 2.46. The molecule has 19 heavy (non-hydrogen) atoms. The molecule has 1 aromatic rings. The minimum absolute atomic E-state index is 0. The van der Waals surface area contributed by atoms with Crippen molar-refractivity contribution in [2.24, 2.45) is 0 Å². The van der Waals surface area contributed by atoms with Crippen LogP contribution in [0.2, 0.25) is 0 Å². The van der Waals surface area contributed by atoms with E-state index in [4.69, 9.17) is 0 Å². The Hall–Kier alpha value is -1.01. The number of nitrogens with one attached hydrogen (secondary N) is 1. The van der Waals surface area contributed by atoms with Gasteiger partial charge in [0, 0.05) is 44.4 Å². The molecule has 0 saturated carbocycles. The number of hydrogen-bond donors (Lipinski definition) is 4. The van der Waals surface area contributed by atoms with Crippen molar-refractivity contribution in [2.75, 3.05) is 32.8 Å². The molecule has 5 nitrogen and oxygen atoms in total.